The van der Waals surface area contributed by atoms with Crippen LogP contribution in [0, 0.1) is 5.92 Å². The van der Waals surface area contributed by atoms with Crippen LogP contribution in [0.1, 0.15) is 20.8 Å². The molecule has 1 rings (SSSR count). The van der Waals surface area contributed by atoms with E-state index in [1.807, 2.05) is 4.90 Å². The molecule has 3 heteroatoms. The molecular formula is C9H18N2O. The first kappa shape index (κ1) is 9.52. The van der Waals surface area contributed by atoms with Crippen molar-refractivity contribution in [2.75, 3.05) is 19.6 Å². The van der Waals surface area contributed by atoms with Crippen LogP contribution in [-0.2, 0) is 4.79 Å². The summed E-state index contributed by atoms with van der Waals surface area (Å²) in [7, 11) is 0. The summed E-state index contributed by atoms with van der Waals surface area (Å²) in [4.78, 5) is 13.2. The Morgan fingerprint density at radius 2 is 2.25 bits per heavy atom. The Labute approximate surface area is 74.1 Å². The van der Waals surface area contributed by atoms with Gasteiger partial charge in [0.1, 0.15) is 0 Å². The van der Waals surface area contributed by atoms with Gasteiger partial charge in [0, 0.05) is 32.6 Å². The van der Waals surface area contributed by atoms with Gasteiger partial charge in [0.2, 0.25) is 5.91 Å². The summed E-state index contributed by atoms with van der Waals surface area (Å²) in [6.07, 6.45) is 0. The topological polar surface area (TPSA) is 32.3 Å². The van der Waals surface area contributed by atoms with Crippen molar-refractivity contribution < 1.29 is 4.79 Å². The van der Waals surface area contributed by atoms with Crippen molar-refractivity contribution in [2.24, 2.45) is 5.92 Å². The molecule has 0 aliphatic carbocycles. The summed E-state index contributed by atoms with van der Waals surface area (Å²) >= 11 is 0. The number of carbonyl (C=O) groups is 1. The molecule has 0 radical (unpaired) electrons. The van der Waals surface area contributed by atoms with Gasteiger partial charge in [-0.15, -0.1) is 0 Å². The number of nitrogens with zero attached hydrogens (tertiary/aromatic N) is 1. The molecule has 3 nitrogen and oxygen atoms in total. The van der Waals surface area contributed by atoms with Crippen LogP contribution >= 0.6 is 0 Å². The van der Waals surface area contributed by atoms with Crippen molar-refractivity contribution in [3.63, 3.8) is 0 Å². The monoisotopic (exact) mass is 170 g/mol. The fraction of sp³-hybridized carbons (Fsp3) is 0.889. The lowest BCUT2D eigenvalue weighted by Crippen LogP contribution is -2.55. The maximum atomic E-state index is 11.2. The molecule has 1 aliphatic heterocycles. The first-order valence-electron chi connectivity index (χ1n) is 4.61. The first-order valence-corrected chi connectivity index (χ1v) is 4.61. The van der Waals surface area contributed by atoms with E-state index in [9.17, 15) is 4.79 Å². The van der Waals surface area contributed by atoms with Gasteiger partial charge in [-0.2, -0.15) is 0 Å². The maximum absolute atomic E-state index is 11.2. The molecular weight excluding hydrogens is 152 g/mol. The molecule has 0 aromatic heterocycles. The van der Waals surface area contributed by atoms with Crippen molar-refractivity contribution in [1.29, 1.82) is 0 Å². The average molecular weight is 170 g/mol. The zero-order valence-corrected chi connectivity index (χ0v) is 8.13. The number of rotatable bonds is 1. The number of piperazine rings is 1. The third kappa shape index (κ3) is 1.97. The van der Waals surface area contributed by atoms with E-state index in [0.717, 1.165) is 19.6 Å². The SMILES string of the molecule is CC(=O)N1CCNC[C@H]1C(C)C. The molecule has 1 aliphatic rings. The van der Waals surface area contributed by atoms with Gasteiger partial charge in [-0.1, -0.05) is 13.8 Å². The minimum absolute atomic E-state index is 0.204. The molecule has 0 aromatic rings. The third-order valence-corrected chi connectivity index (χ3v) is 2.46. The van der Waals surface area contributed by atoms with Crippen LogP contribution in [0.4, 0.5) is 0 Å². The third-order valence-electron chi connectivity index (χ3n) is 2.46. The second-order valence-electron chi connectivity index (χ2n) is 3.73. The zero-order chi connectivity index (χ0) is 9.14. The van der Waals surface area contributed by atoms with E-state index in [0.29, 0.717) is 12.0 Å². The van der Waals surface area contributed by atoms with Gasteiger partial charge >= 0.3 is 0 Å². The standard InChI is InChI=1S/C9H18N2O/c1-7(2)9-6-10-4-5-11(9)8(3)12/h7,9-10H,4-6H2,1-3H3/t9-/m0/s1. The highest BCUT2D eigenvalue weighted by atomic mass is 16.2. The van der Waals surface area contributed by atoms with Crippen LogP contribution in [0.3, 0.4) is 0 Å². The summed E-state index contributed by atoms with van der Waals surface area (Å²) in [5.74, 6) is 0.747. The minimum atomic E-state index is 0.204. The quantitative estimate of drug-likeness (QED) is 0.620. The van der Waals surface area contributed by atoms with Gasteiger partial charge in [-0.05, 0) is 5.92 Å². The highest BCUT2D eigenvalue weighted by Gasteiger charge is 2.26. The molecule has 0 spiro atoms. The summed E-state index contributed by atoms with van der Waals surface area (Å²) in [5.41, 5.74) is 0. The molecule has 0 aromatic carbocycles. The molecule has 0 bridgehead atoms. The van der Waals surface area contributed by atoms with Crippen molar-refractivity contribution in [2.45, 2.75) is 26.8 Å². The van der Waals surface area contributed by atoms with Gasteiger partial charge in [-0.3, -0.25) is 4.79 Å². The van der Waals surface area contributed by atoms with Crippen molar-refractivity contribution in [1.82, 2.24) is 10.2 Å². The molecule has 1 atom stereocenters. The van der Waals surface area contributed by atoms with E-state index in [4.69, 9.17) is 0 Å². The van der Waals surface area contributed by atoms with E-state index in [2.05, 4.69) is 19.2 Å². The minimum Gasteiger partial charge on any atom is -0.337 e. The van der Waals surface area contributed by atoms with Crippen LogP contribution in [0.15, 0.2) is 0 Å². The van der Waals surface area contributed by atoms with Gasteiger partial charge in [0.05, 0.1) is 0 Å². The predicted molar refractivity (Wildman–Crippen MR) is 48.9 cm³/mol. The second-order valence-corrected chi connectivity index (χ2v) is 3.73. The van der Waals surface area contributed by atoms with E-state index < -0.39 is 0 Å². The molecule has 0 saturated carbocycles. The van der Waals surface area contributed by atoms with E-state index in [1.165, 1.54) is 0 Å². The Balaban J connectivity index is 2.60. The maximum Gasteiger partial charge on any atom is 0.219 e. The lowest BCUT2D eigenvalue weighted by molar-refractivity contribution is -0.132. The van der Waals surface area contributed by atoms with Crippen LogP contribution in [-0.4, -0.2) is 36.5 Å². The van der Waals surface area contributed by atoms with Gasteiger partial charge in [-0.25, -0.2) is 0 Å². The smallest absolute Gasteiger partial charge is 0.219 e. The largest absolute Gasteiger partial charge is 0.337 e. The average Bonchev–Trinajstić information content (AvgIpc) is 2.04. The lowest BCUT2D eigenvalue weighted by atomic mass is 10.0. The predicted octanol–water partition coefficient (Wildman–Crippen LogP) is 0.463. The number of carbonyl (C=O) groups excluding carboxylic acids is 1. The normalized spacial score (nSPS) is 24.7. The Morgan fingerprint density at radius 1 is 1.58 bits per heavy atom. The Kier molecular flexibility index (Phi) is 3.09. The molecule has 70 valence electrons. The summed E-state index contributed by atoms with van der Waals surface area (Å²) in [6.45, 7) is 8.71. The molecule has 1 fully saturated rings. The van der Waals surface area contributed by atoms with E-state index in [-0.39, 0.29) is 5.91 Å². The second kappa shape index (κ2) is 3.90. The number of nitrogens with one attached hydrogen (secondary N) is 1. The van der Waals surface area contributed by atoms with Gasteiger partial charge < -0.3 is 10.2 Å². The van der Waals surface area contributed by atoms with E-state index >= 15 is 0 Å². The van der Waals surface area contributed by atoms with E-state index in [1.54, 1.807) is 6.92 Å². The first-order chi connectivity index (χ1) is 5.63. The van der Waals surface area contributed by atoms with Crippen LogP contribution in [0.5, 0.6) is 0 Å². The molecule has 12 heavy (non-hydrogen) atoms. The molecule has 0 unspecified atom stereocenters. The van der Waals surface area contributed by atoms with Crippen LogP contribution in [0.25, 0.3) is 0 Å². The highest BCUT2D eigenvalue weighted by molar-refractivity contribution is 5.73. The number of amides is 1. The summed E-state index contributed by atoms with van der Waals surface area (Å²) in [5, 5.41) is 3.31. The van der Waals surface area contributed by atoms with Crippen molar-refractivity contribution in [3.05, 3.63) is 0 Å². The Morgan fingerprint density at radius 3 is 2.67 bits per heavy atom. The fourth-order valence-electron chi connectivity index (χ4n) is 1.71. The molecule has 1 saturated heterocycles. The Bertz CT molecular complexity index is 168. The summed E-state index contributed by atoms with van der Waals surface area (Å²) < 4.78 is 0. The summed E-state index contributed by atoms with van der Waals surface area (Å²) in [6, 6.07) is 0.385. The molecule has 1 heterocycles. The fourth-order valence-corrected chi connectivity index (χ4v) is 1.71. The van der Waals surface area contributed by atoms with Gasteiger partial charge in [0.15, 0.2) is 0 Å². The van der Waals surface area contributed by atoms with Crippen LogP contribution in [0.2, 0.25) is 0 Å². The molecule has 1 N–H and O–H groups in total. The highest BCUT2D eigenvalue weighted by Crippen LogP contribution is 2.12. The zero-order valence-electron chi connectivity index (χ0n) is 8.13. The van der Waals surface area contributed by atoms with Gasteiger partial charge in [0.25, 0.3) is 0 Å². The van der Waals surface area contributed by atoms with Crippen LogP contribution < -0.4 is 5.32 Å². The Hall–Kier alpha value is -0.570. The van der Waals surface area contributed by atoms with Crippen molar-refractivity contribution >= 4 is 5.91 Å². The lowest BCUT2D eigenvalue weighted by Gasteiger charge is -2.38. The molecule has 1 amide bonds. The van der Waals surface area contributed by atoms with Crippen molar-refractivity contribution in [3.8, 4) is 0 Å². The number of hydrogen-bond acceptors (Lipinski definition) is 2. The number of hydrogen-bond donors (Lipinski definition) is 1.